The van der Waals surface area contributed by atoms with Crippen LogP contribution >= 0.6 is 7.82 Å². The molecule has 0 atom stereocenters. The first-order valence-corrected chi connectivity index (χ1v) is 2.19. The Labute approximate surface area is 62.8 Å². The molecule has 4 N–H and O–H groups in total. The summed E-state index contributed by atoms with van der Waals surface area (Å²) >= 11 is 0. The van der Waals surface area contributed by atoms with Gasteiger partial charge in [0.15, 0.2) is 0 Å². The van der Waals surface area contributed by atoms with Gasteiger partial charge < -0.3 is 35.7 Å². The first-order valence-electron chi connectivity index (χ1n) is 0.730. The Bertz CT molecular complexity index is 55.1. The van der Waals surface area contributed by atoms with Crippen LogP contribution in [0.15, 0.2) is 0 Å². The number of rotatable bonds is 0. The van der Waals surface area contributed by atoms with E-state index in [9.17, 15) is 0 Å². The Morgan fingerprint density at radius 3 is 1.00 bits per heavy atom. The van der Waals surface area contributed by atoms with E-state index in [1.807, 2.05) is 0 Å². The molecule has 0 aromatic heterocycles. The van der Waals surface area contributed by atoms with E-state index < -0.39 is 7.82 Å². The summed E-state index contributed by atoms with van der Waals surface area (Å²) in [6.07, 6.45) is 0. The average molecular weight is 198 g/mol. The third-order valence-corrected chi connectivity index (χ3v) is 0. The van der Waals surface area contributed by atoms with E-state index >= 15 is 0 Å². The predicted molar refractivity (Wildman–Crippen MR) is 15.5 cm³/mol. The molecule has 9 heavy (non-hydrogen) atoms. The van der Waals surface area contributed by atoms with Crippen molar-refractivity contribution in [3.05, 3.63) is 0 Å². The molecule has 0 heterocycles. The molecule has 0 amide bonds. The summed E-state index contributed by atoms with van der Waals surface area (Å²) in [5.74, 6) is 0. The summed E-state index contributed by atoms with van der Waals surface area (Å²) in [6, 6.07) is 0. The molecule has 0 unspecified atom stereocenters. The molecule has 1 radical (unpaired) electrons. The van der Waals surface area contributed by atoms with Gasteiger partial charge in [0.2, 0.25) is 0 Å². The molecule has 0 aliphatic carbocycles. The van der Waals surface area contributed by atoms with Gasteiger partial charge in [0, 0.05) is 18.6 Å². The minimum Gasteiger partial charge on any atom is -2.00 e. The van der Waals surface area contributed by atoms with Gasteiger partial charge >= 0.3 is 0 Å². The van der Waals surface area contributed by atoms with E-state index in [2.05, 4.69) is 0 Å². The second-order valence-corrected chi connectivity index (χ2v) is 1.34. The van der Waals surface area contributed by atoms with Gasteiger partial charge in [-0.3, -0.25) is 0 Å². The van der Waals surface area contributed by atoms with E-state index in [-0.39, 0.29) is 35.0 Å². The SMILES string of the molecule is O.O.O=P([O-])([O-])[O-].[O-2].[V]. The van der Waals surface area contributed by atoms with Gasteiger partial charge in [0.1, 0.15) is 0 Å². The summed E-state index contributed by atoms with van der Waals surface area (Å²) in [6.45, 7) is 0. The third kappa shape index (κ3) is 1120. The molecule has 0 rings (SSSR count). The Kier molecular flexibility index (Phi) is 42.5. The second-order valence-electron chi connectivity index (χ2n) is 0.447. The van der Waals surface area contributed by atoms with Crippen molar-refractivity contribution < 1.29 is 54.2 Å². The standard InChI is InChI=1S/H3O4P.2H2O.O.V/c1-5(2,3)4;;;;/h(H3,1,2,3,4);2*1H2;;/q;;;-2;/p-3. The summed E-state index contributed by atoms with van der Waals surface area (Å²) in [5, 5.41) is 0. The molecule has 0 aromatic carbocycles. The van der Waals surface area contributed by atoms with Crippen molar-refractivity contribution in [2.24, 2.45) is 0 Å². The Balaban J connectivity index is -0.0000000133. The van der Waals surface area contributed by atoms with Gasteiger partial charge in [0.05, 0.1) is 0 Å². The fourth-order valence-corrected chi connectivity index (χ4v) is 0. The molecule has 0 spiro atoms. The van der Waals surface area contributed by atoms with E-state index in [0.29, 0.717) is 0 Å². The van der Waals surface area contributed by atoms with Crippen LogP contribution in [-0.4, -0.2) is 11.0 Å². The summed E-state index contributed by atoms with van der Waals surface area (Å²) < 4.78 is 8.55. The van der Waals surface area contributed by atoms with Gasteiger partial charge in [-0.1, -0.05) is 0 Å². The summed E-state index contributed by atoms with van der Waals surface area (Å²) in [7, 11) is -5.39. The van der Waals surface area contributed by atoms with Crippen molar-refractivity contribution in [3.8, 4) is 0 Å². The molecule has 0 aliphatic heterocycles. The molecule has 0 aromatic rings. The van der Waals surface area contributed by atoms with Crippen LogP contribution in [0, 0.1) is 0 Å². The zero-order chi connectivity index (χ0) is 4.50. The fraction of sp³-hybridized carbons (Fsp3) is 0. The molecule has 0 bridgehead atoms. The minimum absolute atomic E-state index is 0. The zero-order valence-electron chi connectivity index (χ0n) is 3.94. The van der Waals surface area contributed by atoms with Gasteiger partial charge in [0.25, 0.3) is 0 Å². The first kappa shape index (κ1) is 33.6. The molecule has 0 saturated carbocycles. The molecule has 0 aliphatic rings. The second kappa shape index (κ2) is 11.4. The van der Waals surface area contributed by atoms with E-state index in [0.717, 1.165) is 0 Å². The van der Waals surface area contributed by atoms with Gasteiger partial charge in [-0.25, -0.2) is 0 Å². The fourth-order valence-electron chi connectivity index (χ4n) is 0. The van der Waals surface area contributed by atoms with Crippen LogP contribution in [0.1, 0.15) is 0 Å². The van der Waals surface area contributed by atoms with Gasteiger partial charge in [-0.2, -0.15) is 7.82 Å². The summed E-state index contributed by atoms with van der Waals surface area (Å²) in [5.41, 5.74) is 0. The van der Waals surface area contributed by atoms with E-state index in [4.69, 9.17) is 19.2 Å². The number of hydrogen-bond acceptors (Lipinski definition) is 4. The van der Waals surface area contributed by atoms with Crippen LogP contribution in [0.3, 0.4) is 0 Å². The maximum absolute atomic E-state index is 8.55. The molecular weight excluding hydrogens is 194 g/mol. The van der Waals surface area contributed by atoms with Crippen LogP contribution in [0.25, 0.3) is 0 Å². The molecular formula is H4O7PV-5. The number of phosphoric acid groups is 1. The van der Waals surface area contributed by atoms with Crippen LogP contribution in [-0.2, 0) is 28.6 Å². The van der Waals surface area contributed by atoms with Crippen LogP contribution in [0.5, 0.6) is 0 Å². The smallest absolute Gasteiger partial charge is 0 e. The predicted octanol–water partition coefficient (Wildman–Crippen LogP) is -4.60. The first-order chi connectivity index (χ1) is 2.00. The minimum atomic E-state index is -5.39. The van der Waals surface area contributed by atoms with Crippen molar-refractivity contribution >= 4 is 7.82 Å². The Morgan fingerprint density at radius 1 is 1.00 bits per heavy atom. The van der Waals surface area contributed by atoms with Crippen LogP contribution in [0.2, 0.25) is 0 Å². The van der Waals surface area contributed by atoms with Gasteiger partial charge in [-0.15, -0.1) is 0 Å². The van der Waals surface area contributed by atoms with E-state index in [1.165, 1.54) is 0 Å². The normalized spacial score (nSPS) is 6.56. The van der Waals surface area contributed by atoms with E-state index in [1.54, 1.807) is 0 Å². The topological polar surface area (TPSA) is 178 Å². The third-order valence-electron chi connectivity index (χ3n) is 0. The van der Waals surface area contributed by atoms with Gasteiger partial charge in [-0.05, 0) is 0 Å². The van der Waals surface area contributed by atoms with Crippen molar-refractivity contribution in [2.75, 3.05) is 0 Å². The summed E-state index contributed by atoms with van der Waals surface area (Å²) in [4.78, 5) is 25.6. The average Bonchev–Trinajstić information content (AvgIpc) is 0.722. The maximum atomic E-state index is 8.55. The molecule has 61 valence electrons. The molecule has 0 saturated heterocycles. The maximum Gasteiger partial charge on any atom is 0 e. The quantitative estimate of drug-likeness (QED) is 0.355. The number of hydrogen-bond donors (Lipinski definition) is 0. The van der Waals surface area contributed by atoms with Crippen LogP contribution in [0.4, 0.5) is 0 Å². The van der Waals surface area contributed by atoms with Crippen molar-refractivity contribution in [1.82, 2.24) is 0 Å². The van der Waals surface area contributed by atoms with Crippen LogP contribution < -0.4 is 14.7 Å². The Hall–Kier alpha value is 0.574. The largest absolute Gasteiger partial charge is 2.00 e. The molecule has 7 nitrogen and oxygen atoms in total. The van der Waals surface area contributed by atoms with Crippen molar-refractivity contribution in [1.29, 1.82) is 0 Å². The Morgan fingerprint density at radius 2 is 1.00 bits per heavy atom. The molecule has 0 fully saturated rings. The van der Waals surface area contributed by atoms with Crippen molar-refractivity contribution in [2.45, 2.75) is 0 Å². The monoisotopic (exact) mass is 198 g/mol. The van der Waals surface area contributed by atoms with Crippen molar-refractivity contribution in [3.63, 3.8) is 0 Å². The zero-order valence-corrected chi connectivity index (χ0v) is 6.23. The molecule has 9 heteroatoms.